The molecule has 0 bridgehead atoms. The number of aromatic nitrogens is 2. The first-order chi connectivity index (χ1) is 15.6. The van der Waals surface area contributed by atoms with Crippen LogP contribution in [-0.2, 0) is 9.47 Å². The van der Waals surface area contributed by atoms with Crippen LogP contribution in [0.15, 0.2) is 94.7 Å². The molecule has 0 radical (unpaired) electrons. The number of methoxy groups -OCH3 is 2. The van der Waals surface area contributed by atoms with Gasteiger partial charge in [-0.15, -0.1) is 0 Å². The minimum Gasteiger partial charge on any atom is -0.465 e. The first-order valence-electron chi connectivity index (χ1n) is 9.81. The molecule has 6 nitrogen and oxygen atoms in total. The molecule has 32 heavy (non-hydrogen) atoms. The summed E-state index contributed by atoms with van der Waals surface area (Å²) in [7, 11) is 2.54. The highest BCUT2D eigenvalue weighted by Crippen LogP contribution is 2.38. The number of esters is 2. The molecule has 0 fully saturated rings. The van der Waals surface area contributed by atoms with Crippen molar-refractivity contribution in [2.45, 2.75) is 9.79 Å². The normalized spacial score (nSPS) is 10.6. The summed E-state index contributed by atoms with van der Waals surface area (Å²) >= 11 is 1.54. The largest absolute Gasteiger partial charge is 0.465 e. The lowest BCUT2D eigenvalue weighted by Crippen LogP contribution is -2.15. The zero-order chi connectivity index (χ0) is 22.5. The second-order valence-corrected chi connectivity index (χ2v) is 7.83. The zero-order valence-corrected chi connectivity index (χ0v) is 18.3. The summed E-state index contributed by atoms with van der Waals surface area (Å²) in [5.41, 5.74) is 1.75. The lowest BCUT2D eigenvalue weighted by molar-refractivity contribution is 0.0549. The van der Waals surface area contributed by atoms with Crippen LogP contribution in [0.4, 0.5) is 0 Å². The summed E-state index contributed by atoms with van der Waals surface area (Å²) in [4.78, 5) is 27.6. The molecule has 0 amide bonds. The van der Waals surface area contributed by atoms with Crippen LogP contribution >= 0.6 is 11.8 Å². The van der Waals surface area contributed by atoms with Crippen molar-refractivity contribution in [3.63, 3.8) is 0 Å². The Kier molecular flexibility index (Phi) is 6.37. The highest BCUT2D eigenvalue weighted by atomic mass is 32.2. The first kappa shape index (κ1) is 21.4. The molecule has 0 saturated carbocycles. The molecule has 3 aromatic carbocycles. The third-order valence-electron chi connectivity index (χ3n) is 4.77. The lowest BCUT2D eigenvalue weighted by Gasteiger charge is -2.09. The molecular weight excluding hydrogens is 424 g/mol. The topological polar surface area (TPSA) is 70.4 Å². The minimum atomic E-state index is -0.679. The summed E-state index contributed by atoms with van der Waals surface area (Å²) in [6.45, 7) is 0. The van der Waals surface area contributed by atoms with Crippen molar-refractivity contribution in [2.24, 2.45) is 0 Å². The van der Waals surface area contributed by atoms with Crippen LogP contribution in [0.1, 0.15) is 20.8 Å². The number of carbonyl (C=O) groups excluding carboxylic acids is 2. The van der Waals surface area contributed by atoms with Gasteiger partial charge in [-0.3, -0.25) is 0 Å². The van der Waals surface area contributed by atoms with Gasteiger partial charge in [-0.1, -0.05) is 66.4 Å². The Labute approximate surface area is 189 Å². The zero-order valence-electron chi connectivity index (χ0n) is 17.5. The van der Waals surface area contributed by atoms with E-state index in [4.69, 9.17) is 14.6 Å². The average Bonchev–Trinajstić information content (AvgIpc) is 3.25. The third-order valence-corrected chi connectivity index (χ3v) is 5.85. The second kappa shape index (κ2) is 9.53. The molecule has 0 atom stereocenters. The van der Waals surface area contributed by atoms with Crippen LogP contribution in [-0.4, -0.2) is 35.9 Å². The summed E-state index contributed by atoms with van der Waals surface area (Å²) < 4.78 is 11.5. The smallest absolute Gasteiger partial charge is 0.357 e. The highest BCUT2D eigenvalue weighted by molar-refractivity contribution is 7.99. The van der Waals surface area contributed by atoms with Crippen LogP contribution in [0, 0.1) is 0 Å². The predicted molar refractivity (Wildman–Crippen MR) is 122 cm³/mol. The summed E-state index contributed by atoms with van der Waals surface area (Å²) in [6.07, 6.45) is 0. The minimum absolute atomic E-state index is 0.0139. The summed E-state index contributed by atoms with van der Waals surface area (Å²) in [5.74, 6) is -1.34. The van der Waals surface area contributed by atoms with E-state index in [0.717, 1.165) is 9.79 Å². The van der Waals surface area contributed by atoms with Gasteiger partial charge in [0.25, 0.3) is 0 Å². The number of para-hydroxylation sites is 1. The van der Waals surface area contributed by atoms with Gasteiger partial charge < -0.3 is 9.47 Å². The number of benzene rings is 3. The van der Waals surface area contributed by atoms with E-state index in [1.165, 1.54) is 18.9 Å². The van der Waals surface area contributed by atoms with Crippen molar-refractivity contribution < 1.29 is 19.1 Å². The van der Waals surface area contributed by atoms with Crippen LogP contribution < -0.4 is 0 Å². The Morgan fingerprint density at radius 3 is 2.03 bits per heavy atom. The van der Waals surface area contributed by atoms with Crippen molar-refractivity contribution in [3.8, 4) is 16.9 Å². The molecule has 1 aromatic heterocycles. The predicted octanol–water partition coefficient (Wildman–Crippen LogP) is 5.26. The molecule has 4 rings (SSSR count). The van der Waals surface area contributed by atoms with Crippen LogP contribution in [0.2, 0.25) is 0 Å². The van der Waals surface area contributed by atoms with Gasteiger partial charge in [-0.2, -0.15) is 5.10 Å². The molecule has 7 heteroatoms. The molecule has 0 aliphatic heterocycles. The molecule has 0 spiro atoms. The summed E-state index contributed by atoms with van der Waals surface area (Å²) in [6, 6.07) is 26.6. The van der Waals surface area contributed by atoms with Gasteiger partial charge in [0.1, 0.15) is 11.3 Å². The van der Waals surface area contributed by atoms with Gasteiger partial charge in [0.15, 0.2) is 5.69 Å². The summed E-state index contributed by atoms with van der Waals surface area (Å²) in [5, 5.41) is 4.69. The van der Waals surface area contributed by atoms with Crippen molar-refractivity contribution in [1.29, 1.82) is 0 Å². The van der Waals surface area contributed by atoms with E-state index in [-0.39, 0.29) is 11.3 Å². The van der Waals surface area contributed by atoms with Crippen LogP contribution in [0.5, 0.6) is 0 Å². The molecule has 0 aliphatic rings. The Balaban J connectivity index is 1.97. The van der Waals surface area contributed by atoms with Crippen molar-refractivity contribution in [3.05, 3.63) is 96.2 Å². The van der Waals surface area contributed by atoms with Crippen molar-refractivity contribution in [2.75, 3.05) is 14.2 Å². The van der Waals surface area contributed by atoms with Crippen LogP contribution in [0.3, 0.4) is 0 Å². The van der Waals surface area contributed by atoms with Crippen LogP contribution in [0.25, 0.3) is 16.9 Å². The molecule has 4 aromatic rings. The molecule has 0 aliphatic carbocycles. The number of hydrogen-bond acceptors (Lipinski definition) is 6. The molecule has 160 valence electrons. The maximum Gasteiger partial charge on any atom is 0.357 e. The number of nitrogens with zero attached hydrogens (tertiary/aromatic N) is 2. The third kappa shape index (κ3) is 4.15. The number of hydrogen-bond donors (Lipinski definition) is 0. The standard InChI is InChI=1S/C25H20N2O4S/c1-30-24(28)21-22(19-15-9-10-16-20(19)32-18-13-7-4-8-14-18)26-27(23(21)25(29)31-2)17-11-5-3-6-12-17/h3-16H,1-2H3. The SMILES string of the molecule is COC(=O)c1c(-c2ccccc2Sc2ccccc2)nn(-c2ccccc2)c1C(=O)OC. The molecule has 0 saturated heterocycles. The van der Waals surface area contributed by atoms with E-state index in [2.05, 4.69) is 0 Å². The van der Waals surface area contributed by atoms with Gasteiger partial charge in [0, 0.05) is 15.4 Å². The second-order valence-electron chi connectivity index (χ2n) is 6.71. The Bertz CT molecular complexity index is 1250. The number of ether oxygens (including phenoxy) is 2. The number of carbonyl (C=O) groups is 2. The first-order valence-corrected chi connectivity index (χ1v) is 10.6. The van der Waals surface area contributed by atoms with Gasteiger partial charge in [-0.05, 0) is 30.3 Å². The highest BCUT2D eigenvalue weighted by Gasteiger charge is 2.32. The Hall–Kier alpha value is -3.84. The van der Waals surface area contributed by atoms with E-state index in [9.17, 15) is 9.59 Å². The average molecular weight is 445 g/mol. The lowest BCUT2D eigenvalue weighted by atomic mass is 10.1. The van der Waals surface area contributed by atoms with E-state index in [0.29, 0.717) is 16.9 Å². The van der Waals surface area contributed by atoms with Crippen molar-refractivity contribution >= 4 is 23.7 Å². The van der Waals surface area contributed by atoms with Gasteiger partial charge in [0.05, 0.1) is 19.9 Å². The van der Waals surface area contributed by atoms with E-state index < -0.39 is 11.9 Å². The maximum absolute atomic E-state index is 12.9. The van der Waals surface area contributed by atoms with E-state index >= 15 is 0 Å². The molecular formula is C25H20N2O4S. The van der Waals surface area contributed by atoms with E-state index in [1.807, 2.05) is 72.8 Å². The number of rotatable bonds is 6. The van der Waals surface area contributed by atoms with Gasteiger partial charge >= 0.3 is 11.9 Å². The Morgan fingerprint density at radius 1 is 0.781 bits per heavy atom. The monoisotopic (exact) mass is 444 g/mol. The van der Waals surface area contributed by atoms with E-state index in [1.54, 1.807) is 23.9 Å². The fraction of sp³-hybridized carbons (Fsp3) is 0.0800. The maximum atomic E-state index is 12.9. The fourth-order valence-electron chi connectivity index (χ4n) is 3.31. The van der Waals surface area contributed by atoms with Crippen molar-refractivity contribution in [1.82, 2.24) is 9.78 Å². The van der Waals surface area contributed by atoms with Gasteiger partial charge in [-0.25, -0.2) is 14.3 Å². The molecule has 0 N–H and O–H groups in total. The Morgan fingerprint density at radius 2 is 1.38 bits per heavy atom. The van der Waals surface area contributed by atoms with Gasteiger partial charge in [0.2, 0.25) is 0 Å². The fourth-order valence-corrected chi connectivity index (χ4v) is 4.28. The quantitative estimate of drug-likeness (QED) is 0.378. The molecule has 1 heterocycles. The molecule has 0 unspecified atom stereocenters.